The number of hydrogen-bond donors (Lipinski definition) is 4. The van der Waals surface area contributed by atoms with Crippen molar-refractivity contribution in [2.24, 2.45) is 5.73 Å². The van der Waals surface area contributed by atoms with Crippen LogP contribution in [0.4, 0.5) is 17.3 Å². The van der Waals surface area contributed by atoms with Crippen LogP contribution in [0.3, 0.4) is 0 Å². The van der Waals surface area contributed by atoms with E-state index in [0.29, 0.717) is 28.9 Å². The van der Waals surface area contributed by atoms with E-state index in [9.17, 15) is 4.79 Å². The third-order valence-electron chi connectivity index (χ3n) is 6.33. The van der Waals surface area contributed by atoms with Gasteiger partial charge in [0.1, 0.15) is 17.5 Å². The molecule has 1 amide bonds. The lowest BCUT2D eigenvalue weighted by atomic mass is 9.98. The number of nitrogens with zero attached hydrogens (tertiary/aromatic N) is 4. The van der Waals surface area contributed by atoms with Crippen LogP contribution < -0.4 is 21.3 Å². The van der Waals surface area contributed by atoms with Gasteiger partial charge in [-0.1, -0.05) is 13.8 Å². The number of aromatic nitrogens is 2. The Morgan fingerprint density at radius 2 is 1.81 bits per heavy atom. The molecule has 5 N–H and O–H groups in total. The highest BCUT2D eigenvalue weighted by molar-refractivity contribution is 7.99. The van der Waals surface area contributed by atoms with Crippen LogP contribution in [0.1, 0.15) is 47.5 Å². The second-order valence-corrected chi connectivity index (χ2v) is 10.5. The molecule has 10 heteroatoms. The fraction of sp³-hybridized carbons (Fsp3) is 0.462. The number of carbonyl (C=O) groups excluding carboxylic acids is 1. The van der Waals surface area contributed by atoms with Gasteiger partial charge < -0.3 is 26.7 Å². The maximum atomic E-state index is 11.7. The van der Waals surface area contributed by atoms with Crippen LogP contribution in [0.5, 0.6) is 0 Å². The molecule has 1 saturated heterocycles. The Bertz CT molecular complexity index is 1090. The number of hydrogen-bond acceptors (Lipinski definition) is 9. The lowest BCUT2D eigenvalue weighted by Crippen LogP contribution is -2.54. The van der Waals surface area contributed by atoms with Crippen molar-refractivity contribution in [3.05, 3.63) is 42.2 Å². The molecule has 1 fully saturated rings. The molecule has 0 radical (unpaired) electrons. The van der Waals surface area contributed by atoms with E-state index in [1.54, 1.807) is 13.0 Å². The van der Waals surface area contributed by atoms with Gasteiger partial charge in [-0.2, -0.15) is 0 Å². The number of piperazine rings is 1. The molecular formula is C26H38N8OS. The van der Waals surface area contributed by atoms with Gasteiger partial charge in [-0.3, -0.25) is 9.69 Å². The van der Waals surface area contributed by atoms with Crippen molar-refractivity contribution in [3.8, 4) is 0 Å². The van der Waals surface area contributed by atoms with Crippen LogP contribution in [0.15, 0.2) is 52.3 Å². The molecule has 3 rings (SSSR count). The van der Waals surface area contributed by atoms with Gasteiger partial charge >= 0.3 is 0 Å². The first-order valence-corrected chi connectivity index (χ1v) is 13.2. The SMILES string of the molecule is CCC(=O)Nc1ccc(Sc2nc(N/C(N)=C/C(C)=N)cc(N3CCN(C(C)(C)CC)CC3)n2)cc1. The minimum atomic E-state index is -0.0182. The summed E-state index contributed by atoms with van der Waals surface area (Å²) in [5.74, 6) is 1.76. The molecule has 1 aliphatic heterocycles. The summed E-state index contributed by atoms with van der Waals surface area (Å²) in [6, 6.07) is 9.55. The Kier molecular flexibility index (Phi) is 9.33. The maximum absolute atomic E-state index is 11.7. The van der Waals surface area contributed by atoms with Crippen LogP contribution in [0.2, 0.25) is 0 Å². The number of anilines is 3. The molecule has 0 unspecified atom stereocenters. The van der Waals surface area contributed by atoms with Crippen LogP contribution in [-0.2, 0) is 4.79 Å². The van der Waals surface area contributed by atoms with Gasteiger partial charge in [-0.05, 0) is 69.3 Å². The second kappa shape index (κ2) is 12.2. The topological polar surface area (TPSA) is 123 Å². The number of nitrogens with two attached hydrogens (primary N) is 1. The number of benzene rings is 1. The minimum Gasteiger partial charge on any atom is -0.385 e. The van der Waals surface area contributed by atoms with E-state index in [0.717, 1.165) is 49.0 Å². The highest BCUT2D eigenvalue weighted by Crippen LogP contribution is 2.30. The van der Waals surface area contributed by atoms with Gasteiger partial charge in [0.15, 0.2) is 5.16 Å². The largest absolute Gasteiger partial charge is 0.385 e. The lowest BCUT2D eigenvalue weighted by Gasteiger charge is -2.44. The van der Waals surface area contributed by atoms with E-state index >= 15 is 0 Å². The third-order valence-corrected chi connectivity index (χ3v) is 7.20. The van der Waals surface area contributed by atoms with Crippen molar-refractivity contribution in [3.63, 3.8) is 0 Å². The van der Waals surface area contributed by atoms with Crippen LogP contribution in [0, 0.1) is 5.41 Å². The van der Waals surface area contributed by atoms with Crippen molar-refractivity contribution < 1.29 is 4.79 Å². The van der Waals surface area contributed by atoms with E-state index in [-0.39, 0.29) is 11.4 Å². The second-order valence-electron chi connectivity index (χ2n) is 9.47. The first-order valence-electron chi connectivity index (χ1n) is 12.4. The van der Waals surface area contributed by atoms with Crippen LogP contribution >= 0.6 is 11.8 Å². The number of nitrogens with one attached hydrogen (secondary N) is 3. The first kappa shape index (κ1) is 27.5. The van der Waals surface area contributed by atoms with Crippen molar-refractivity contribution in [1.29, 1.82) is 5.41 Å². The normalized spacial score (nSPS) is 15.0. The molecule has 2 aromatic rings. The Morgan fingerprint density at radius 3 is 2.39 bits per heavy atom. The third kappa shape index (κ3) is 7.69. The summed E-state index contributed by atoms with van der Waals surface area (Å²) in [6.45, 7) is 14.0. The summed E-state index contributed by atoms with van der Waals surface area (Å²) in [7, 11) is 0. The van der Waals surface area contributed by atoms with Gasteiger partial charge in [0.25, 0.3) is 0 Å². The molecule has 1 aliphatic rings. The Balaban J connectivity index is 1.82. The molecule has 0 spiro atoms. The quantitative estimate of drug-likeness (QED) is 0.271. The Labute approximate surface area is 218 Å². The molecule has 0 saturated carbocycles. The molecule has 1 aromatic carbocycles. The molecule has 194 valence electrons. The van der Waals surface area contributed by atoms with E-state index in [2.05, 4.69) is 46.2 Å². The Hall–Kier alpha value is -3.11. The zero-order valence-electron chi connectivity index (χ0n) is 21.9. The van der Waals surface area contributed by atoms with E-state index in [1.165, 1.54) is 11.8 Å². The zero-order valence-corrected chi connectivity index (χ0v) is 22.7. The van der Waals surface area contributed by atoms with Gasteiger partial charge in [-0.25, -0.2) is 9.97 Å². The molecule has 0 bridgehead atoms. The van der Waals surface area contributed by atoms with Gasteiger partial charge in [0, 0.05) is 60.5 Å². The molecule has 0 aliphatic carbocycles. The fourth-order valence-corrected chi connectivity index (χ4v) is 4.59. The summed E-state index contributed by atoms with van der Waals surface area (Å²) in [4.78, 5) is 26.9. The van der Waals surface area contributed by atoms with Gasteiger partial charge in [0.2, 0.25) is 5.91 Å². The van der Waals surface area contributed by atoms with Crippen molar-refractivity contribution >= 4 is 40.7 Å². The summed E-state index contributed by atoms with van der Waals surface area (Å²) < 4.78 is 0. The molecule has 9 nitrogen and oxygen atoms in total. The summed E-state index contributed by atoms with van der Waals surface area (Å²) in [5.41, 5.74) is 7.37. The smallest absolute Gasteiger partial charge is 0.224 e. The lowest BCUT2D eigenvalue weighted by molar-refractivity contribution is -0.115. The summed E-state index contributed by atoms with van der Waals surface area (Å²) in [6.07, 6.45) is 3.10. The first-order chi connectivity index (χ1) is 17.1. The standard InChI is InChI=1S/C26H38N8OS/c1-6-24(35)29-19-8-10-20(11-9-19)36-25-31-22(30-21(28)16-18(3)27)17-23(32-25)33-12-14-34(15-13-33)26(4,5)7-2/h8-11,16-17,27H,6-7,12-15,28H2,1-5H3,(H,29,35)(H,30,31,32)/b21-16+,27-18?. The summed E-state index contributed by atoms with van der Waals surface area (Å²) in [5, 5.41) is 14.2. The molecule has 2 heterocycles. The van der Waals surface area contributed by atoms with E-state index in [1.807, 2.05) is 37.3 Å². The molecule has 1 aromatic heterocycles. The highest BCUT2D eigenvalue weighted by Gasteiger charge is 2.29. The highest BCUT2D eigenvalue weighted by atomic mass is 32.2. The predicted octanol–water partition coefficient (Wildman–Crippen LogP) is 4.54. The van der Waals surface area contributed by atoms with Crippen LogP contribution in [-0.4, -0.2) is 58.2 Å². The predicted molar refractivity (Wildman–Crippen MR) is 149 cm³/mol. The number of rotatable bonds is 10. The van der Waals surface area contributed by atoms with Gasteiger partial charge in [0.05, 0.1) is 0 Å². The fourth-order valence-electron chi connectivity index (χ4n) is 3.83. The number of amides is 1. The number of carbonyl (C=O) groups is 1. The van der Waals surface area contributed by atoms with Crippen molar-refractivity contribution in [1.82, 2.24) is 14.9 Å². The maximum Gasteiger partial charge on any atom is 0.224 e. The zero-order chi connectivity index (χ0) is 26.3. The Morgan fingerprint density at radius 1 is 1.14 bits per heavy atom. The van der Waals surface area contributed by atoms with Crippen molar-refractivity contribution in [2.75, 3.05) is 41.7 Å². The van der Waals surface area contributed by atoms with Gasteiger partial charge in [-0.15, -0.1) is 0 Å². The van der Waals surface area contributed by atoms with Crippen LogP contribution in [0.25, 0.3) is 0 Å². The monoisotopic (exact) mass is 510 g/mol. The van der Waals surface area contributed by atoms with Crippen molar-refractivity contribution in [2.45, 2.75) is 63.1 Å². The van der Waals surface area contributed by atoms with E-state index < -0.39 is 0 Å². The molecular weight excluding hydrogens is 472 g/mol. The average Bonchev–Trinajstić information content (AvgIpc) is 2.84. The summed E-state index contributed by atoms with van der Waals surface area (Å²) >= 11 is 1.45. The van der Waals surface area contributed by atoms with E-state index in [4.69, 9.17) is 16.1 Å². The number of allylic oxidation sites excluding steroid dienone is 1. The molecule has 36 heavy (non-hydrogen) atoms. The molecule has 0 atom stereocenters. The minimum absolute atomic E-state index is 0.0182. The average molecular weight is 511 g/mol.